The van der Waals surface area contributed by atoms with Gasteiger partial charge in [-0.15, -0.1) is 11.8 Å². The minimum absolute atomic E-state index is 0.277. The molecule has 0 aliphatic rings. The van der Waals surface area contributed by atoms with E-state index in [1.54, 1.807) is 11.8 Å². The van der Waals surface area contributed by atoms with Crippen LogP contribution < -0.4 is 0 Å². The number of thioether (sulfide) groups is 1. The van der Waals surface area contributed by atoms with E-state index in [4.69, 9.17) is 0 Å². The minimum atomic E-state index is 0.277. The van der Waals surface area contributed by atoms with Gasteiger partial charge in [0.25, 0.3) is 0 Å². The van der Waals surface area contributed by atoms with Crippen LogP contribution in [0.25, 0.3) is 0 Å². The number of halogens is 1. The zero-order valence-corrected chi connectivity index (χ0v) is 14.5. The molecule has 1 unspecified atom stereocenters. The Bertz CT molecular complexity index is 516. The Labute approximate surface area is 135 Å². The molecular formula is C18H21BrS. The first-order valence-electron chi connectivity index (χ1n) is 7.11. The second-order valence-corrected chi connectivity index (χ2v) is 6.78. The third-order valence-corrected chi connectivity index (χ3v) is 5.30. The summed E-state index contributed by atoms with van der Waals surface area (Å²) in [7, 11) is 0. The number of aryl methyl sites for hydroxylation is 1. The summed E-state index contributed by atoms with van der Waals surface area (Å²) in [6, 6.07) is 17.8. The SMILES string of the molecule is CCCCc1ccc(C(Br)c2ccc(SC)cc2)cc1. The minimum Gasteiger partial charge on any atom is -0.130 e. The van der Waals surface area contributed by atoms with Crippen LogP contribution in [0.4, 0.5) is 0 Å². The Morgan fingerprint density at radius 2 is 1.50 bits per heavy atom. The van der Waals surface area contributed by atoms with Gasteiger partial charge in [0.05, 0.1) is 4.83 Å². The van der Waals surface area contributed by atoms with Crippen LogP contribution in [-0.4, -0.2) is 6.26 Å². The Morgan fingerprint density at radius 1 is 0.950 bits per heavy atom. The van der Waals surface area contributed by atoms with Crippen LogP contribution in [0, 0.1) is 0 Å². The van der Waals surface area contributed by atoms with Gasteiger partial charge in [0, 0.05) is 4.90 Å². The van der Waals surface area contributed by atoms with E-state index in [0.29, 0.717) is 0 Å². The van der Waals surface area contributed by atoms with Gasteiger partial charge in [-0.2, -0.15) is 0 Å². The number of rotatable bonds is 6. The molecule has 0 aliphatic carbocycles. The first-order chi connectivity index (χ1) is 9.74. The fraction of sp³-hybridized carbons (Fsp3) is 0.333. The van der Waals surface area contributed by atoms with Crippen LogP contribution in [0.2, 0.25) is 0 Å². The predicted molar refractivity (Wildman–Crippen MR) is 94.0 cm³/mol. The van der Waals surface area contributed by atoms with Crippen molar-refractivity contribution in [2.75, 3.05) is 6.26 Å². The maximum Gasteiger partial charge on any atom is 0.0644 e. The molecule has 0 heterocycles. The lowest BCUT2D eigenvalue weighted by atomic mass is 10.0. The molecule has 0 aliphatic heterocycles. The average Bonchev–Trinajstić information content (AvgIpc) is 2.53. The van der Waals surface area contributed by atoms with Crippen molar-refractivity contribution in [2.24, 2.45) is 0 Å². The number of hydrogen-bond acceptors (Lipinski definition) is 1. The van der Waals surface area contributed by atoms with E-state index < -0.39 is 0 Å². The maximum atomic E-state index is 3.81. The van der Waals surface area contributed by atoms with Crippen LogP contribution in [-0.2, 0) is 6.42 Å². The molecule has 0 radical (unpaired) electrons. The average molecular weight is 349 g/mol. The van der Waals surface area contributed by atoms with Crippen molar-refractivity contribution in [3.63, 3.8) is 0 Å². The van der Waals surface area contributed by atoms with E-state index >= 15 is 0 Å². The van der Waals surface area contributed by atoms with Gasteiger partial charge in [-0.1, -0.05) is 65.7 Å². The monoisotopic (exact) mass is 348 g/mol. The van der Waals surface area contributed by atoms with Crippen molar-refractivity contribution in [3.05, 3.63) is 65.2 Å². The molecule has 106 valence electrons. The van der Waals surface area contributed by atoms with E-state index in [1.165, 1.54) is 40.8 Å². The lowest BCUT2D eigenvalue weighted by Crippen LogP contribution is -1.93. The van der Waals surface area contributed by atoms with Crippen LogP contribution in [0.5, 0.6) is 0 Å². The molecule has 0 saturated heterocycles. The first-order valence-corrected chi connectivity index (χ1v) is 9.25. The van der Waals surface area contributed by atoms with Crippen LogP contribution in [0.3, 0.4) is 0 Å². The number of unbranched alkanes of at least 4 members (excludes halogenated alkanes) is 1. The highest BCUT2D eigenvalue weighted by atomic mass is 79.9. The molecule has 0 N–H and O–H groups in total. The molecule has 2 aromatic rings. The summed E-state index contributed by atoms with van der Waals surface area (Å²) in [6.07, 6.45) is 5.82. The fourth-order valence-electron chi connectivity index (χ4n) is 2.20. The fourth-order valence-corrected chi connectivity index (χ4v) is 3.22. The molecule has 2 heteroatoms. The van der Waals surface area contributed by atoms with Gasteiger partial charge >= 0.3 is 0 Å². The smallest absolute Gasteiger partial charge is 0.0644 e. The number of alkyl halides is 1. The summed E-state index contributed by atoms with van der Waals surface area (Å²) < 4.78 is 0. The predicted octanol–water partition coefficient (Wildman–Crippen LogP) is 6.24. The molecule has 0 aromatic heterocycles. The van der Waals surface area contributed by atoms with Crippen molar-refractivity contribution in [3.8, 4) is 0 Å². The summed E-state index contributed by atoms with van der Waals surface area (Å²) in [5.74, 6) is 0. The van der Waals surface area contributed by atoms with Gasteiger partial charge in [-0.05, 0) is 47.9 Å². The van der Waals surface area contributed by atoms with Crippen LogP contribution in [0.15, 0.2) is 53.4 Å². The highest BCUT2D eigenvalue weighted by Gasteiger charge is 2.10. The molecular weight excluding hydrogens is 328 g/mol. The van der Waals surface area contributed by atoms with Gasteiger partial charge in [-0.3, -0.25) is 0 Å². The molecule has 2 rings (SSSR count). The van der Waals surface area contributed by atoms with E-state index in [2.05, 4.69) is 77.6 Å². The van der Waals surface area contributed by atoms with Gasteiger partial charge in [0.15, 0.2) is 0 Å². The molecule has 0 spiro atoms. The summed E-state index contributed by atoms with van der Waals surface area (Å²) in [5, 5.41) is 0. The van der Waals surface area contributed by atoms with Crippen molar-refractivity contribution >= 4 is 27.7 Å². The first kappa shape index (κ1) is 15.7. The molecule has 0 fully saturated rings. The molecule has 2 aromatic carbocycles. The van der Waals surface area contributed by atoms with Crippen LogP contribution in [0.1, 0.15) is 41.3 Å². The molecule has 0 bridgehead atoms. The standard InChI is InChI=1S/C18H21BrS/c1-3-4-5-14-6-8-15(9-7-14)18(19)16-10-12-17(20-2)13-11-16/h6-13,18H,3-5H2,1-2H3. The Kier molecular flexibility index (Phi) is 6.18. The highest BCUT2D eigenvalue weighted by Crippen LogP contribution is 2.31. The zero-order chi connectivity index (χ0) is 14.4. The maximum absolute atomic E-state index is 3.81. The van der Waals surface area contributed by atoms with Gasteiger partial charge in [-0.25, -0.2) is 0 Å². The lowest BCUT2D eigenvalue weighted by Gasteiger charge is -2.12. The quantitative estimate of drug-likeness (QED) is 0.440. The van der Waals surface area contributed by atoms with E-state index in [1.807, 2.05) is 0 Å². The molecule has 0 amide bonds. The second-order valence-electron chi connectivity index (χ2n) is 4.98. The van der Waals surface area contributed by atoms with Crippen molar-refractivity contribution in [1.29, 1.82) is 0 Å². The summed E-state index contributed by atoms with van der Waals surface area (Å²) in [4.78, 5) is 1.59. The van der Waals surface area contributed by atoms with E-state index in [0.717, 1.165) is 0 Å². The largest absolute Gasteiger partial charge is 0.130 e. The van der Waals surface area contributed by atoms with Gasteiger partial charge < -0.3 is 0 Å². The Hall–Kier alpha value is -0.730. The lowest BCUT2D eigenvalue weighted by molar-refractivity contribution is 0.795. The second kappa shape index (κ2) is 7.90. The molecule has 1 atom stereocenters. The van der Waals surface area contributed by atoms with Crippen molar-refractivity contribution < 1.29 is 0 Å². The van der Waals surface area contributed by atoms with Crippen molar-refractivity contribution in [1.82, 2.24) is 0 Å². The highest BCUT2D eigenvalue weighted by molar-refractivity contribution is 9.09. The van der Waals surface area contributed by atoms with Crippen molar-refractivity contribution in [2.45, 2.75) is 35.9 Å². The van der Waals surface area contributed by atoms with Gasteiger partial charge in [0.1, 0.15) is 0 Å². The zero-order valence-electron chi connectivity index (χ0n) is 12.1. The number of hydrogen-bond donors (Lipinski definition) is 0. The summed E-state index contributed by atoms with van der Waals surface area (Å²) >= 11 is 5.59. The third kappa shape index (κ3) is 4.13. The molecule has 0 saturated carbocycles. The van der Waals surface area contributed by atoms with Gasteiger partial charge in [0.2, 0.25) is 0 Å². The Morgan fingerprint density at radius 3 is 2.00 bits per heavy atom. The summed E-state index contributed by atoms with van der Waals surface area (Å²) in [6.45, 7) is 2.24. The Balaban J connectivity index is 2.09. The van der Waals surface area contributed by atoms with E-state index in [-0.39, 0.29) is 4.83 Å². The molecule has 0 nitrogen and oxygen atoms in total. The normalized spacial score (nSPS) is 12.3. The third-order valence-electron chi connectivity index (χ3n) is 3.50. The van der Waals surface area contributed by atoms with Crippen LogP contribution >= 0.6 is 27.7 Å². The molecule has 20 heavy (non-hydrogen) atoms. The topological polar surface area (TPSA) is 0 Å². The number of benzene rings is 2. The summed E-state index contributed by atoms with van der Waals surface area (Å²) in [5.41, 5.74) is 4.07. The van der Waals surface area contributed by atoms with E-state index in [9.17, 15) is 0 Å².